The maximum Gasteiger partial charge on any atom is 0.125 e. The molecule has 4 heteroatoms. The Morgan fingerprint density at radius 3 is 2.92 bits per heavy atom. The van der Waals surface area contributed by atoms with Crippen molar-refractivity contribution in [3.63, 3.8) is 0 Å². The summed E-state index contributed by atoms with van der Waals surface area (Å²) in [5, 5.41) is 3.08. The van der Waals surface area contributed by atoms with Gasteiger partial charge < -0.3 is 16.8 Å². The third kappa shape index (κ3) is 2.86. The normalized spacial score (nSPS) is 12.5. The van der Waals surface area contributed by atoms with Crippen molar-refractivity contribution in [1.29, 1.82) is 0 Å². The van der Waals surface area contributed by atoms with Gasteiger partial charge in [-0.15, -0.1) is 0 Å². The quantitative estimate of drug-likeness (QED) is 0.578. The topological polar surface area (TPSA) is 77.0 Å². The zero-order valence-electron chi connectivity index (χ0n) is 6.90. The van der Waals surface area contributed by atoms with Gasteiger partial charge in [0.05, 0.1) is 0 Å². The van der Waals surface area contributed by atoms with Crippen molar-refractivity contribution in [2.24, 2.45) is 11.5 Å². The molecule has 5 N–H and O–H groups in total. The molecule has 0 fully saturated rings. The van der Waals surface area contributed by atoms with Crippen LogP contribution in [0.25, 0.3) is 0 Å². The number of nitrogens with one attached hydrogen (secondary N) is 1. The minimum atomic E-state index is -0.00740. The molecule has 0 saturated heterocycles. The fourth-order valence-electron chi connectivity index (χ4n) is 0.786. The molecule has 0 spiro atoms. The molecule has 66 valence electrons. The average Bonchev–Trinajstić information content (AvgIpc) is 2.16. The first-order valence-electron chi connectivity index (χ1n) is 3.93. The van der Waals surface area contributed by atoms with Gasteiger partial charge in [0.15, 0.2) is 0 Å². The highest BCUT2D eigenvalue weighted by molar-refractivity contribution is 5.33. The molecule has 0 amide bonds. The van der Waals surface area contributed by atoms with Crippen LogP contribution in [-0.4, -0.2) is 24.1 Å². The van der Waals surface area contributed by atoms with E-state index in [0.717, 1.165) is 5.82 Å². The number of hydrogen-bond acceptors (Lipinski definition) is 4. The van der Waals surface area contributed by atoms with E-state index in [1.807, 2.05) is 18.2 Å². The molecule has 1 rings (SSSR count). The first-order chi connectivity index (χ1) is 5.83. The van der Waals surface area contributed by atoms with E-state index in [1.54, 1.807) is 6.20 Å². The molecule has 0 bridgehead atoms. The largest absolute Gasteiger partial charge is 0.368 e. The Bertz CT molecular complexity index is 212. The monoisotopic (exact) mass is 166 g/mol. The molecule has 1 atom stereocenters. The summed E-state index contributed by atoms with van der Waals surface area (Å²) in [6, 6.07) is 5.67. The predicted molar refractivity (Wildman–Crippen MR) is 49.8 cm³/mol. The van der Waals surface area contributed by atoms with E-state index >= 15 is 0 Å². The highest BCUT2D eigenvalue weighted by Gasteiger charge is 1.97. The van der Waals surface area contributed by atoms with Gasteiger partial charge >= 0.3 is 0 Å². The van der Waals surface area contributed by atoms with Crippen LogP contribution in [-0.2, 0) is 0 Å². The van der Waals surface area contributed by atoms with Crippen molar-refractivity contribution in [2.75, 3.05) is 18.4 Å². The van der Waals surface area contributed by atoms with Crippen molar-refractivity contribution < 1.29 is 0 Å². The van der Waals surface area contributed by atoms with E-state index in [9.17, 15) is 0 Å². The summed E-state index contributed by atoms with van der Waals surface area (Å²) < 4.78 is 0. The van der Waals surface area contributed by atoms with Gasteiger partial charge in [-0.1, -0.05) is 6.07 Å². The molecule has 0 saturated carbocycles. The standard InChI is InChI=1S/C8H14N4/c9-5-7(10)6-12-8-3-1-2-4-11-8/h1-4,7H,5-6,9-10H2,(H,11,12). The van der Waals surface area contributed by atoms with E-state index in [-0.39, 0.29) is 6.04 Å². The molecule has 1 aromatic rings. The molecule has 1 unspecified atom stereocenters. The Hall–Kier alpha value is -1.13. The lowest BCUT2D eigenvalue weighted by Crippen LogP contribution is -2.36. The van der Waals surface area contributed by atoms with Gasteiger partial charge in [-0.05, 0) is 12.1 Å². The highest BCUT2D eigenvalue weighted by atomic mass is 15.0. The molecule has 0 aliphatic rings. The molecule has 1 aromatic heterocycles. The molecule has 0 aliphatic carbocycles. The summed E-state index contributed by atoms with van der Waals surface area (Å²) in [5.41, 5.74) is 11.0. The Balaban J connectivity index is 2.33. The van der Waals surface area contributed by atoms with Crippen LogP contribution in [0, 0.1) is 0 Å². The maximum absolute atomic E-state index is 5.61. The number of rotatable bonds is 4. The molecule has 4 nitrogen and oxygen atoms in total. The molecular formula is C8H14N4. The van der Waals surface area contributed by atoms with E-state index < -0.39 is 0 Å². The lowest BCUT2D eigenvalue weighted by Gasteiger charge is -2.09. The molecule has 12 heavy (non-hydrogen) atoms. The van der Waals surface area contributed by atoms with Gasteiger partial charge in [-0.25, -0.2) is 4.98 Å². The van der Waals surface area contributed by atoms with E-state index in [4.69, 9.17) is 11.5 Å². The number of aromatic nitrogens is 1. The number of hydrogen-bond donors (Lipinski definition) is 3. The average molecular weight is 166 g/mol. The summed E-state index contributed by atoms with van der Waals surface area (Å²) in [6.07, 6.45) is 1.73. The van der Waals surface area contributed by atoms with Gasteiger partial charge in [-0.3, -0.25) is 0 Å². The van der Waals surface area contributed by atoms with Crippen LogP contribution in [0.15, 0.2) is 24.4 Å². The second kappa shape index (κ2) is 4.69. The van der Waals surface area contributed by atoms with Gasteiger partial charge in [-0.2, -0.15) is 0 Å². The minimum Gasteiger partial charge on any atom is -0.368 e. The highest BCUT2D eigenvalue weighted by Crippen LogP contribution is 1.98. The van der Waals surface area contributed by atoms with Crippen LogP contribution < -0.4 is 16.8 Å². The van der Waals surface area contributed by atoms with Crippen LogP contribution >= 0.6 is 0 Å². The maximum atomic E-state index is 5.61. The Morgan fingerprint density at radius 1 is 1.50 bits per heavy atom. The molecule has 1 heterocycles. The van der Waals surface area contributed by atoms with Gasteiger partial charge in [0, 0.05) is 25.3 Å². The van der Waals surface area contributed by atoms with Gasteiger partial charge in [0.25, 0.3) is 0 Å². The first kappa shape index (κ1) is 8.96. The first-order valence-corrected chi connectivity index (χ1v) is 3.93. The Kier molecular flexibility index (Phi) is 3.50. The lowest BCUT2D eigenvalue weighted by molar-refractivity contribution is 0.711. The van der Waals surface area contributed by atoms with Crippen molar-refractivity contribution >= 4 is 5.82 Å². The second-order valence-electron chi connectivity index (χ2n) is 2.59. The van der Waals surface area contributed by atoms with Crippen molar-refractivity contribution in [1.82, 2.24) is 4.98 Å². The van der Waals surface area contributed by atoms with Crippen molar-refractivity contribution in [3.05, 3.63) is 24.4 Å². The minimum absolute atomic E-state index is 0.00740. The third-order valence-corrected chi connectivity index (χ3v) is 1.51. The molecule has 0 radical (unpaired) electrons. The van der Waals surface area contributed by atoms with Crippen LogP contribution in [0.1, 0.15) is 0 Å². The Labute approximate surface area is 72.0 Å². The van der Waals surface area contributed by atoms with Crippen LogP contribution in [0.5, 0.6) is 0 Å². The fourth-order valence-corrected chi connectivity index (χ4v) is 0.786. The van der Waals surface area contributed by atoms with E-state index in [2.05, 4.69) is 10.3 Å². The number of anilines is 1. The third-order valence-electron chi connectivity index (χ3n) is 1.51. The Morgan fingerprint density at radius 2 is 2.33 bits per heavy atom. The summed E-state index contributed by atoms with van der Waals surface area (Å²) in [7, 11) is 0. The predicted octanol–water partition coefficient (Wildman–Crippen LogP) is -0.221. The zero-order chi connectivity index (χ0) is 8.81. The number of nitrogens with zero attached hydrogens (tertiary/aromatic N) is 1. The smallest absolute Gasteiger partial charge is 0.125 e. The van der Waals surface area contributed by atoms with Gasteiger partial charge in [0.2, 0.25) is 0 Å². The zero-order valence-corrected chi connectivity index (χ0v) is 6.90. The SMILES string of the molecule is NCC(N)CNc1ccccn1. The summed E-state index contributed by atoms with van der Waals surface area (Å²) in [4.78, 5) is 4.08. The van der Waals surface area contributed by atoms with Crippen LogP contribution in [0.2, 0.25) is 0 Å². The molecule has 0 aromatic carbocycles. The molecule has 0 aliphatic heterocycles. The summed E-state index contributed by atoms with van der Waals surface area (Å²) in [6.45, 7) is 1.15. The number of nitrogens with two attached hydrogens (primary N) is 2. The van der Waals surface area contributed by atoms with Crippen LogP contribution in [0.3, 0.4) is 0 Å². The van der Waals surface area contributed by atoms with Crippen LogP contribution in [0.4, 0.5) is 5.82 Å². The summed E-state index contributed by atoms with van der Waals surface area (Å²) in [5.74, 6) is 0.835. The van der Waals surface area contributed by atoms with Crippen molar-refractivity contribution in [2.45, 2.75) is 6.04 Å². The van der Waals surface area contributed by atoms with Crippen molar-refractivity contribution in [3.8, 4) is 0 Å². The van der Waals surface area contributed by atoms with E-state index in [0.29, 0.717) is 13.1 Å². The van der Waals surface area contributed by atoms with Gasteiger partial charge in [0.1, 0.15) is 5.82 Å². The second-order valence-corrected chi connectivity index (χ2v) is 2.59. The number of pyridine rings is 1. The fraction of sp³-hybridized carbons (Fsp3) is 0.375. The molecular weight excluding hydrogens is 152 g/mol. The van der Waals surface area contributed by atoms with E-state index in [1.165, 1.54) is 0 Å². The summed E-state index contributed by atoms with van der Waals surface area (Å²) >= 11 is 0. The lowest BCUT2D eigenvalue weighted by atomic mass is 10.3.